The van der Waals surface area contributed by atoms with Gasteiger partial charge in [-0.05, 0) is 28.5 Å². The van der Waals surface area contributed by atoms with Crippen molar-refractivity contribution in [3.8, 4) is 0 Å². The van der Waals surface area contributed by atoms with Crippen molar-refractivity contribution in [2.45, 2.75) is 37.4 Å². The summed E-state index contributed by atoms with van der Waals surface area (Å²) >= 11 is 7.63. The molecule has 0 spiro atoms. The van der Waals surface area contributed by atoms with Crippen molar-refractivity contribution in [1.29, 1.82) is 0 Å². The zero-order valence-electron chi connectivity index (χ0n) is 16.0. The van der Waals surface area contributed by atoms with Crippen LogP contribution in [0.1, 0.15) is 42.2 Å². The highest BCUT2D eigenvalue weighted by Gasteiger charge is 2.27. The van der Waals surface area contributed by atoms with E-state index >= 15 is 0 Å². The third-order valence-electron chi connectivity index (χ3n) is 4.89. The summed E-state index contributed by atoms with van der Waals surface area (Å²) in [7, 11) is 0. The van der Waals surface area contributed by atoms with Crippen LogP contribution in [0, 0.1) is 0 Å². The first-order valence-electron chi connectivity index (χ1n) is 9.38. The van der Waals surface area contributed by atoms with E-state index in [0.717, 1.165) is 17.0 Å². The molecule has 0 aromatic heterocycles. The van der Waals surface area contributed by atoms with Gasteiger partial charge in [0.05, 0.1) is 4.20 Å². The Morgan fingerprint density at radius 2 is 1.33 bits per heavy atom. The summed E-state index contributed by atoms with van der Waals surface area (Å²) < 4.78 is 1.05. The molecule has 0 fully saturated rings. The average molecular weight is 391 g/mol. The Morgan fingerprint density at radius 1 is 0.815 bits per heavy atom. The fraction of sp³-hybridized carbons (Fsp3) is 0.240. The van der Waals surface area contributed by atoms with Gasteiger partial charge in [-0.2, -0.15) is 0 Å². The van der Waals surface area contributed by atoms with Gasteiger partial charge in [-0.15, -0.1) is 11.8 Å². The Morgan fingerprint density at radius 3 is 1.93 bits per heavy atom. The van der Waals surface area contributed by atoms with Crippen LogP contribution in [-0.4, -0.2) is 4.20 Å². The maximum absolute atomic E-state index is 5.78. The van der Waals surface area contributed by atoms with Gasteiger partial charge in [-0.1, -0.05) is 117 Å². The summed E-state index contributed by atoms with van der Waals surface area (Å²) in [5, 5.41) is 0.345. The fourth-order valence-corrected chi connectivity index (χ4v) is 5.20. The molecule has 1 atom stereocenters. The molecule has 3 aromatic carbocycles. The van der Waals surface area contributed by atoms with Gasteiger partial charge in [0, 0.05) is 11.7 Å². The molecule has 3 rings (SSSR count). The van der Waals surface area contributed by atoms with Crippen LogP contribution in [0.3, 0.4) is 0 Å². The summed E-state index contributed by atoms with van der Waals surface area (Å²) in [5.74, 6) is 0. The lowest BCUT2D eigenvalue weighted by Gasteiger charge is -2.30. The molecule has 0 radical (unpaired) electrons. The molecule has 0 heterocycles. The highest BCUT2D eigenvalue weighted by Crippen LogP contribution is 2.42. The van der Waals surface area contributed by atoms with E-state index in [4.69, 9.17) is 12.2 Å². The zero-order valence-corrected chi connectivity index (χ0v) is 17.6. The molecule has 2 heteroatoms. The van der Waals surface area contributed by atoms with Crippen LogP contribution in [0.5, 0.6) is 0 Å². The van der Waals surface area contributed by atoms with E-state index in [1.807, 2.05) is 11.8 Å². The molecule has 1 unspecified atom stereocenters. The van der Waals surface area contributed by atoms with E-state index in [0.29, 0.717) is 5.25 Å². The van der Waals surface area contributed by atoms with Crippen molar-refractivity contribution in [3.05, 3.63) is 108 Å². The molecule has 0 bridgehead atoms. The van der Waals surface area contributed by atoms with Crippen LogP contribution in [0.4, 0.5) is 0 Å². The third kappa shape index (κ3) is 5.79. The van der Waals surface area contributed by atoms with Gasteiger partial charge in [0.2, 0.25) is 0 Å². The molecule has 0 N–H and O–H groups in total. The molecule has 0 aliphatic heterocycles. The van der Waals surface area contributed by atoms with Crippen molar-refractivity contribution in [2.75, 3.05) is 0 Å². The molecule has 0 amide bonds. The van der Waals surface area contributed by atoms with E-state index < -0.39 is 0 Å². The minimum atomic E-state index is 0.0805. The molecule has 0 aliphatic rings. The summed E-state index contributed by atoms with van der Waals surface area (Å²) in [6.45, 7) is 4.66. The number of hydrogen-bond donors (Lipinski definition) is 0. The number of thiocarbonyl (C=S) groups is 1. The number of hydrogen-bond acceptors (Lipinski definition) is 2. The second kappa shape index (κ2) is 9.34. The fourth-order valence-electron chi connectivity index (χ4n) is 3.33. The first-order chi connectivity index (χ1) is 13.0. The van der Waals surface area contributed by atoms with Crippen molar-refractivity contribution in [2.24, 2.45) is 0 Å². The Bertz CT molecular complexity index is 839. The molecule has 0 aliphatic carbocycles. The van der Waals surface area contributed by atoms with Gasteiger partial charge >= 0.3 is 0 Å². The monoisotopic (exact) mass is 390 g/mol. The van der Waals surface area contributed by atoms with E-state index in [1.165, 1.54) is 16.7 Å². The number of rotatable bonds is 7. The quantitative estimate of drug-likeness (QED) is 0.385. The van der Waals surface area contributed by atoms with E-state index in [-0.39, 0.29) is 5.41 Å². The molecule has 138 valence electrons. The predicted octanol–water partition coefficient (Wildman–Crippen LogP) is 7.40. The maximum Gasteiger partial charge on any atom is 0.0528 e. The second-order valence-corrected chi connectivity index (χ2v) is 9.55. The van der Waals surface area contributed by atoms with Crippen LogP contribution < -0.4 is 0 Å². The molecule has 3 aromatic rings. The highest BCUT2D eigenvalue weighted by molar-refractivity contribution is 8.23. The summed E-state index contributed by atoms with van der Waals surface area (Å²) in [5.41, 5.74) is 4.09. The summed E-state index contributed by atoms with van der Waals surface area (Å²) in [4.78, 5) is 0. The Kier molecular flexibility index (Phi) is 6.87. The molecule has 27 heavy (non-hydrogen) atoms. The van der Waals surface area contributed by atoms with Crippen LogP contribution in [-0.2, 0) is 11.8 Å². The Labute approximate surface area is 173 Å². The summed E-state index contributed by atoms with van der Waals surface area (Å²) in [6, 6.07) is 32.1. The lowest BCUT2D eigenvalue weighted by Crippen LogP contribution is -2.20. The molecular weight excluding hydrogens is 364 g/mol. The van der Waals surface area contributed by atoms with E-state index in [1.54, 1.807) is 0 Å². The lowest BCUT2D eigenvalue weighted by molar-refractivity contribution is 0.476. The maximum atomic E-state index is 5.78. The summed E-state index contributed by atoms with van der Waals surface area (Å²) in [6.07, 6.45) is 1.89. The van der Waals surface area contributed by atoms with Crippen LogP contribution in [0.2, 0.25) is 0 Å². The normalized spacial score (nSPS) is 12.5. The van der Waals surface area contributed by atoms with Gasteiger partial charge in [-0.3, -0.25) is 0 Å². The first kappa shape index (κ1) is 19.9. The van der Waals surface area contributed by atoms with Crippen LogP contribution >= 0.6 is 24.0 Å². The second-order valence-electron chi connectivity index (χ2n) is 7.51. The van der Waals surface area contributed by atoms with Crippen LogP contribution in [0.25, 0.3) is 0 Å². The Balaban J connectivity index is 1.78. The number of thioether (sulfide) groups is 1. The minimum Gasteiger partial charge on any atom is -0.110 e. The molecule has 0 saturated heterocycles. The minimum absolute atomic E-state index is 0.0805. The van der Waals surface area contributed by atoms with E-state index in [9.17, 15) is 0 Å². The zero-order chi connectivity index (χ0) is 19.1. The van der Waals surface area contributed by atoms with Crippen molar-refractivity contribution in [3.63, 3.8) is 0 Å². The smallest absolute Gasteiger partial charge is 0.0528 e. The molecule has 0 saturated carbocycles. The van der Waals surface area contributed by atoms with Gasteiger partial charge < -0.3 is 0 Å². The van der Waals surface area contributed by atoms with Crippen LogP contribution in [0.15, 0.2) is 91.0 Å². The highest BCUT2D eigenvalue weighted by atomic mass is 32.2. The number of benzene rings is 3. The van der Waals surface area contributed by atoms with E-state index in [2.05, 4.69) is 105 Å². The van der Waals surface area contributed by atoms with Crippen molar-refractivity contribution in [1.82, 2.24) is 0 Å². The Hall–Kier alpha value is -1.90. The topological polar surface area (TPSA) is 0 Å². The largest absolute Gasteiger partial charge is 0.110 e. The van der Waals surface area contributed by atoms with Gasteiger partial charge in [0.15, 0.2) is 0 Å². The molecule has 0 nitrogen and oxygen atoms in total. The lowest BCUT2D eigenvalue weighted by atomic mass is 9.79. The van der Waals surface area contributed by atoms with Gasteiger partial charge in [0.25, 0.3) is 0 Å². The van der Waals surface area contributed by atoms with Crippen molar-refractivity contribution >= 4 is 28.2 Å². The standard InChI is InChI=1S/C25H26S2/c1-25(2,22-16-10-5-11-17-22)19-23(21-14-8-4-9-15-21)27-24(26)18-20-12-6-3-7-13-20/h3-17,23H,18-19H2,1-2H3. The first-order valence-corrected chi connectivity index (χ1v) is 10.7. The van der Waals surface area contributed by atoms with Gasteiger partial charge in [0.1, 0.15) is 0 Å². The third-order valence-corrected chi connectivity index (χ3v) is 6.45. The van der Waals surface area contributed by atoms with Gasteiger partial charge in [-0.25, -0.2) is 0 Å². The predicted molar refractivity (Wildman–Crippen MR) is 124 cm³/mol. The van der Waals surface area contributed by atoms with Crippen molar-refractivity contribution < 1.29 is 0 Å². The molecular formula is C25H26S2. The SMILES string of the molecule is CC(C)(CC(SC(=S)Cc1ccccc1)c1ccccc1)c1ccccc1. The average Bonchev–Trinajstić information content (AvgIpc) is 2.69.